The Kier molecular flexibility index (Phi) is 1.80. The van der Waals surface area contributed by atoms with E-state index in [2.05, 4.69) is 15.3 Å². The molecule has 3 aliphatic rings. The van der Waals surface area contributed by atoms with E-state index < -0.39 is 0 Å². The third-order valence-electron chi connectivity index (χ3n) is 3.68. The number of aromatic nitrogens is 2. The summed E-state index contributed by atoms with van der Waals surface area (Å²) in [6.45, 7) is 1.15. The first-order chi connectivity index (χ1) is 6.89. The molecule has 0 radical (unpaired) electrons. The highest BCUT2D eigenvalue weighted by atomic mass is 15.1. The third kappa shape index (κ3) is 1.16. The number of piperidine rings is 2. The standard InChI is InChI=1S/C11H15N3/c1-6-12-10(13-7-1)11-4-2-9(3-5-11)8-14-11/h1,6-7,9,14H,2-5,8H2. The van der Waals surface area contributed by atoms with Crippen LogP contribution in [0, 0.1) is 5.92 Å². The van der Waals surface area contributed by atoms with Crippen LogP contribution in [0.25, 0.3) is 0 Å². The minimum absolute atomic E-state index is 0.107. The molecule has 1 aromatic heterocycles. The lowest BCUT2D eigenvalue weighted by Crippen LogP contribution is -2.54. The molecule has 3 heteroatoms. The van der Waals surface area contributed by atoms with Crippen molar-refractivity contribution in [3.8, 4) is 0 Å². The fourth-order valence-corrected chi connectivity index (χ4v) is 2.74. The second-order valence-corrected chi connectivity index (χ2v) is 4.48. The molecule has 1 aromatic rings. The van der Waals surface area contributed by atoms with Crippen LogP contribution in [0.2, 0.25) is 0 Å². The lowest BCUT2D eigenvalue weighted by atomic mass is 9.71. The molecular weight excluding hydrogens is 174 g/mol. The largest absolute Gasteiger partial charge is 0.304 e. The first-order valence-electron chi connectivity index (χ1n) is 5.42. The molecule has 2 saturated heterocycles. The van der Waals surface area contributed by atoms with Crippen molar-refractivity contribution in [2.24, 2.45) is 5.92 Å². The Morgan fingerprint density at radius 1 is 1.21 bits per heavy atom. The molecule has 74 valence electrons. The molecule has 0 amide bonds. The lowest BCUT2D eigenvalue weighted by molar-refractivity contribution is 0.109. The number of nitrogens with zero attached hydrogens (tertiary/aromatic N) is 2. The number of hydrogen-bond acceptors (Lipinski definition) is 3. The maximum absolute atomic E-state index is 4.40. The number of fused-ring (bicyclic) bond motifs is 3. The van der Waals surface area contributed by atoms with Crippen molar-refractivity contribution >= 4 is 0 Å². The molecule has 3 fully saturated rings. The second kappa shape index (κ2) is 3.02. The van der Waals surface area contributed by atoms with E-state index in [9.17, 15) is 0 Å². The van der Waals surface area contributed by atoms with Crippen molar-refractivity contribution < 1.29 is 0 Å². The van der Waals surface area contributed by atoms with Gasteiger partial charge in [-0.15, -0.1) is 0 Å². The average molecular weight is 189 g/mol. The van der Waals surface area contributed by atoms with Gasteiger partial charge < -0.3 is 5.32 Å². The van der Waals surface area contributed by atoms with Crippen molar-refractivity contribution in [3.63, 3.8) is 0 Å². The molecule has 4 rings (SSSR count). The van der Waals surface area contributed by atoms with Crippen molar-refractivity contribution in [2.75, 3.05) is 6.54 Å². The van der Waals surface area contributed by atoms with E-state index in [1.54, 1.807) is 0 Å². The molecule has 3 heterocycles. The molecule has 0 unspecified atom stereocenters. The molecule has 0 aromatic carbocycles. The second-order valence-electron chi connectivity index (χ2n) is 4.48. The van der Waals surface area contributed by atoms with Gasteiger partial charge in [0.2, 0.25) is 0 Å². The topological polar surface area (TPSA) is 37.8 Å². The smallest absolute Gasteiger partial charge is 0.148 e. The van der Waals surface area contributed by atoms with Crippen LogP contribution in [0.3, 0.4) is 0 Å². The summed E-state index contributed by atoms with van der Waals surface area (Å²) in [5, 5.41) is 3.62. The minimum atomic E-state index is 0.107. The Bertz CT molecular complexity index is 301. The summed E-state index contributed by atoms with van der Waals surface area (Å²) in [6, 6.07) is 1.88. The van der Waals surface area contributed by atoms with Crippen molar-refractivity contribution in [2.45, 2.75) is 31.2 Å². The van der Waals surface area contributed by atoms with Crippen LogP contribution in [0.5, 0.6) is 0 Å². The molecule has 14 heavy (non-hydrogen) atoms. The van der Waals surface area contributed by atoms with Gasteiger partial charge in [-0.05, 0) is 44.2 Å². The summed E-state index contributed by atoms with van der Waals surface area (Å²) in [6.07, 6.45) is 8.79. The zero-order chi connectivity index (χ0) is 9.43. The van der Waals surface area contributed by atoms with Gasteiger partial charge in [0.15, 0.2) is 0 Å². The van der Waals surface area contributed by atoms with Crippen LogP contribution < -0.4 is 5.32 Å². The summed E-state index contributed by atoms with van der Waals surface area (Å²) in [4.78, 5) is 8.79. The van der Waals surface area contributed by atoms with Gasteiger partial charge in [0, 0.05) is 12.4 Å². The summed E-state index contributed by atoms with van der Waals surface area (Å²) in [5.74, 6) is 1.90. The predicted molar refractivity (Wildman–Crippen MR) is 53.7 cm³/mol. The first kappa shape index (κ1) is 8.36. The van der Waals surface area contributed by atoms with Crippen LogP contribution in [0.1, 0.15) is 31.5 Å². The fourth-order valence-electron chi connectivity index (χ4n) is 2.74. The predicted octanol–water partition coefficient (Wildman–Crippen LogP) is 1.47. The lowest BCUT2D eigenvalue weighted by Gasteiger charge is -2.46. The fraction of sp³-hybridized carbons (Fsp3) is 0.636. The maximum Gasteiger partial charge on any atom is 0.148 e. The molecule has 1 N–H and O–H groups in total. The van der Waals surface area contributed by atoms with Crippen LogP contribution >= 0.6 is 0 Å². The maximum atomic E-state index is 4.40. The van der Waals surface area contributed by atoms with Crippen LogP contribution in [-0.2, 0) is 5.54 Å². The van der Waals surface area contributed by atoms with Gasteiger partial charge in [0.25, 0.3) is 0 Å². The van der Waals surface area contributed by atoms with Crippen LogP contribution in [0.15, 0.2) is 18.5 Å². The SMILES string of the molecule is c1cnc(C23CCC(CC2)CN3)nc1. The van der Waals surface area contributed by atoms with E-state index in [-0.39, 0.29) is 5.54 Å². The molecule has 1 saturated carbocycles. The van der Waals surface area contributed by atoms with Crippen LogP contribution in [-0.4, -0.2) is 16.5 Å². The average Bonchev–Trinajstić information content (AvgIpc) is 2.33. The first-order valence-corrected chi connectivity index (χ1v) is 5.42. The number of hydrogen-bond donors (Lipinski definition) is 1. The van der Waals surface area contributed by atoms with Gasteiger partial charge in [-0.2, -0.15) is 0 Å². The minimum Gasteiger partial charge on any atom is -0.304 e. The van der Waals surface area contributed by atoms with E-state index in [4.69, 9.17) is 0 Å². The van der Waals surface area contributed by atoms with Gasteiger partial charge >= 0.3 is 0 Å². The summed E-state index contributed by atoms with van der Waals surface area (Å²) in [5.41, 5.74) is 0.107. The van der Waals surface area contributed by atoms with Crippen LogP contribution in [0.4, 0.5) is 0 Å². The zero-order valence-corrected chi connectivity index (χ0v) is 8.24. The van der Waals surface area contributed by atoms with Gasteiger partial charge in [-0.1, -0.05) is 0 Å². The van der Waals surface area contributed by atoms with E-state index >= 15 is 0 Å². The molecule has 1 aliphatic carbocycles. The molecule has 0 atom stereocenters. The summed E-state index contributed by atoms with van der Waals surface area (Å²) < 4.78 is 0. The molecule has 2 aliphatic heterocycles. The monoisotopic (exact) mass is 189 g/mol. The zero-order valence-electron chi connectivity index (χ0n) is 8.24. The number of rotatable bonds is 1. The van der Waals surface area contributed by atoms with Crippen molar-refractivity contribution in [1.29, 1.82) is 0 Å². The Hall–Kier alpha value is -0.960. The van der Waals surface area contributed by atoms with Gasteiger partial charge in [0.05, 0.1) is 5.54 Å². The molecular formula is C11H15N3. The third-order valence-corrected chi connectivity index (χ3v) is 3.68. The molecule has 2 bridgehead atoms. The van der Waals surface area contributed by atoms with E-state index in [0.717, 1.165) is 18.3 Å². The Balaban J connectivity index is 1.96. The Labute approximate surface area is 84.0 Å². The Morgan fingerprint density at radius 2 is 1.93 bits per heavy atom. The molecule has 0 spiro atoms. The van der Waals surface area contributed by atoms with E-state index in [1.165, 1.54) is 25.7 Å². The van der Waals surface area contributed by atoms with Crippen molar-refractivity contribution in [1.82, 2.24) is 15.3 Å². The van der Waals surface area contributed by atoms with Gasteiger partial charge in [-0.3, -0.25) is 0 Å². The van der Waals surface area contributed by atoms with E-state index in [1.807, 2.05) is 18.5 Å². The van der Waals surface area contributed by atoms with Crippen molar-refractivity contribution in [3.05, 3.63) is 24.3 Å². The molecule has 3 nitrogen and oxygen atoms in total. The summed E-state index contributed by atoms with van der Waals surface area (Å²) in [7, 11) is 0. The highest BCUT2D eigenvalue weighted by Gasteiger charge is 2.43. The number of nitrogens with one attached hydrogen (secondary N) is 1. The van der Waals surface area contributed by atoms with Gasteiger partial charge in [0.1, 0.15) is 5.82 Å². The van der Waals surface area contributed by atoms with E-state index in [0.29, 0.717) is 0 Å². The Morgan fingerprint density at radius 3 is 2.50 bits per heavy atom. The quantitative estimate of drug-likeness (QED) is 0.727. The summed E-state index contributed by atoms with van der Waals surface area (Å²) >= 11 is 0. The highest BCUT2D eigenvalue weighted by molar-refractivity contribution is 5.11. The normalized spacial score (nSPS) is 35.9. The highest BCUT2D eigenvalue weighted by Crippen LogP contribution is 2.41. The van der Waals surface area contributed by atoms with Gasteiger partial charge in [-0.25, -0.2) is 9.97 Å².